The minimum Gasteiger partial charge on any atom is -0.481 e. The van der Waals surface area contributed by atoms with Crippen LogP contribution in [0.4, 0.5) is 18.0 Å². The first-order valence-electron chi connectivity index (χ1n) is 9.65. The van der Waals surface area contributed by atoms with Crippen molar-refractivity contribution in [3.05, 3.63) is 59.7 Å². The van der Waals surface area contributed by atoms with Crippen molar-refractivity contribution < 1.29 is 32.6 Å². The molecule has 1 heterocycles. The largest absolute Gasteiger partial charge is 0.481 e. The van der Waals surface area contributed by atoms with Gasteiger partial charge in [0.2, 0.25) is 0 Å². The predicted octanol–water partition coefficient (Wildman–Crippen LogP) is 4.52. The summed E-state index contributed by atoms with van der Waals surface area (Å²) in [4.78, 5) is 24.7. The predicted molar refractivity (Wildman–Crippen MR) is 102 cm³/mol. The molecule has 1 amide bonds. The topological polar surface area (TPSA) is 66.8 Å². The van der Waals surface area contributed by atoms with E-state index in [1.165, 1.54) is 0 Å². The number of rotatable bonds is 3. The van der Waals surface area contributed by atoms with Crippen LogP contribution in [-0.2, 0) is 9.53 Å². The third kappa shape index (κ3) is 3.74. The molecule has 0 bridgehead atoms. The van der Waals surface area contributed by atoms with Crippen LogP contribution in [0, 0.1) is 11.8 Å². The first kappa shape index (κ1) is 20.3. The van der Waals surface area contributed by atoms with Crippen molar-refractivity contribution in [3.63, 3.8) is 0 Å². The van der Waals surface area contributed by atoms with Gasteiger partial charge in [0.15, 0.2) is 0 Å². The Balaban J connectivity index is 1.50. The molecule has 0 saturated carbocycles. The summed E-state index contributed by atoms with van der Waals surface area (Å²) in [6.45, 7) is -0.916. The Bertz CT molecular complexity index is 929. The molecule has 2 aromatic carbocycles. The highest BCUT2D eigenvalue weighted by Gasteiger charge is 2.47. The Labute approximate surface area is 171 Å². The molecule has 158 valence electrons. The first-order valence-corrected chi connectivity index (χ1v) is 9.65. The van der Waals surface area contributed by atoms with Crippen LogP contribution in [-0.4, -0.2) is 47.9 Å². The second-order valence-corrected chi connectivity index (χ2v) is 7.72. The number of carboxylic acids is 1. The Morgan fingerprint density at radius 2 is 1.57 bits per heavy atom. The van der Waals surface area contributed by atoms with Crippen molar-refractivity contribution in [2.45, 2.75) is 18.5 Å². The van der Waals surface area contributed by atoms with Crippen LogP contribution in [0.1, 0.15) is 23.5 Å². The van der Waals surface area contributed by atoms with E-state index in [-0.39, 0.29) is 19.1 Å². The van der Waals surface area contributed by atoms with Crippen molar-refractivity contribution in [3.8, 4) is 11.1 Å². The van der Waals surface area contributed by atoms with Gasteiger partial charge in [-0.15, -0.1) is 0 Å². The fourth-order valence-corrected chi connectivity index (χ4v) is 4.35. The molecule has 1 saturated heterocycles. The number of hydrogen-bond acceptors (Lipinski definition) is 3. The number of ether oxygens (including phenoxy) is 1. The number of piperidine rings is 1. The van der Waals surface area contributed by atoms with Crippen LogP contribution >= 0.6 is 0 Å². The van der Waals surface area contributed by atoms with E-state index in [9.17, 15) is 27.9 Å². The molecule has 2 atom stereocenters. The summed E-state index contributed by atoms with van der Waals surface area (Å²) in [5, 5.41) is 9.20. The fourth-order valence-electron chi connectivity index (χ4n) is 4.35. The van der Waals surface area contributed by atoms with Crippen molar-refractivity contribution in [1.82, 2.24) is 4.90 Å². The fraction of sp³-hybridized carbons (Fsp3) is 0.364. The second kappa shape index (κ2) is 7.66. The zero-order chi connectivity index (χ0) is 21.5. The van der Waals surface area contributed by atoms with Crippen molar-refractivity contribution in [2.24, 2.45) is 11.8 Å². The van der Waals surface area contributed by atoms with E-state index in [0.29, 0.717) is 0 Å². The summed E-state index contributed by atoms with van der Waals surface area (Å²) in [6, 6.07) is 15.4. The van der Waals surface area contributed by atoms with Crippen molar-refractivity contribution >= 4 is 12.1 Å². The number of carboxylic acid groups (broad SMARTS) is 1. The number of hydrogen-bond donors (Lipinski definition) is 1. The molecular formula is C22H20F3NO4. The summed E-state index contributed by atoms with van der Waals surface area (Å²) < 4.78 is 45.0. The lowest BCUT2D eigenvalue weighted by Crippen LogP contribution is -2.50. The maximum atomic E-state index is 13.2. The Morgan fingerprint density at radius 3 is 2.10 bits per heavy atom. The number of fused-ring (bicyclic) bond motifs is 3. The van der Waals surface area contributed by atoms with Gasteiger partial charge in [-0.3, -0.25) is 4.79 Å². The van der Waals surface area contributed by atoms with Gasteiger partial charge in [-0.1, -0.05) is 48.5 Å². The van der Waals surface area contributed by atoms with E-state index in [2.05, 4.69) is 0 Å². The van der Waals surface area contributed by atoms with Crippen molar-refractivity contribution in [1.29, 1.82) is 0 Å². The van der Waals surface area contributed by atoms with E-state index >= 15 is 0 Å². The lowest BCUT2D eigenvalue weighted by molar-refractivity contribution is -0.192. The third-order valence-corrected chi connectivity index (χ3v) is 5.86. The maximum absolute atomic E-state index is 13.2. The second-order valence-electron chi connectivity index (χ2n) is 7.72. The van der Waals surface area contributed by atoms with Crippen LogP contribution < -0.4 is 0 Å². The lowest BCUT2D eigenvalue weighted by atomic mass is 9.89. The van der Waals surface area contributed by atoms with Gasteiger partial charge in [-0.05, 0) is 28.7 Å². The molecule has 0 spiro atoms. The zero-order valence-corrected chi connectivity index (χ0v) is 15.9. The van der Waals surface area contributed by atoms with Gasteiger partial charge in [-0.25, -0.2) is 4.79 Å². The number of benzene rings is 2. The summed E-state index contributed by atoms with van der Waals surface area (Å²) in [6.07, 6.45) is -6.03. The standard InChI is InChI=1S/C22H20F3NO4/c23-22(24,25)14-9-13(20(27)28)10-26(11-14)21(29)30-12-19-17-7-3-1-5-15(17)16-6-2-4-8-18(16)19/h1-8,13-14,19H,9-12H2,(H,27,28)/t13-,14-/m1/s1. The van der Waals surface area contributed by atoms with Gasteiger partial charge in [0.25, 0.3) is 0 Å². The van der Waals surface area contributed by atoms with E-state index in [4.69, 9.17) is 4.74 Å². The molecule has 4 rings (SSSR count). The minimum atomic E-state index is -4.57. The minimum absolute atomic E-state index is 0.0300. The number of halogens is 3. The first-order chi connectivity index (χ1) is 14.3. The highest BCUT2D eigenvalue weighted by Crippen LogP contribution is 2.44. The lowest BCUT2D eigenvalue weighted by Gasteiger charge is -2.36. The molecule has 0 radical (unpaired) electrons. The molecule has 8 heteroatoms. The number of nitrogens with zero attached hydrogens (tertiary/aromatic N) is 1. The SMILES string of the molecule is O=C(O)[C@@H]1C[C@@H](C(F)(F)F)CN(C(=O)OCC2c3ccccc3-c3ccccc32)C1. The summed E-state index contributed by atoms with van der Waals surface area (Å²) in [5.74, 6) is -4.72. The van der Waals surface area contributed by atoms with Gasteiger partial charge in [0.05, 0.1) is 11.8 Å². The summed E-state index contributed by atoms with van der Waals surface area (Å²) >= 11 is 0. The molecule has 2 aromatic rings. The molecule has 0 unspecified atom stereocenters. The molecule has 2 aliphatic rings. The number of aliphatic carboxylic acids is 1. The third-order valence-electron chi connectivity index (χ3n) is 5.86. The smallest absolute Gasteiger partial charge is 0.409 e. The van der Waals surface area contributed by atoms with Crippen LogP contribution in [0.3, 0.4) is 0 Å². The molecule has 0 aromatic heterocycles. The van der Waals surface area contributed by atoms with Gasteiger partial charge >= 0.3 is 18.2 Å². The van der Waals surface area contributed by atoms with Crippen LogP contribution in [0.5, 0.6) is 0 Å². The average molecular weight is 419 g/mol. The molecule has 30 heavy (non-hydrogen) atoms. The number of carbonyl (C=O) groups is 2. The summed E-state index contributed by atoms with van der Waals surface area (Å²) in [5.41, 5.74) is 4.05. The number of likely N-dealkylation sites (tertiary alicyclic amines) is 1. The molecule has 1 aliphatic carbocycles. The molecule has 5 nitrogen and oxygen atoms in total. The monoisotopic (exact) mass is 419 g/mol. The number of amides is 1. The van der Waals surface area contributed by atoms with Gasteiger partial charge in [-0.2, -0.15) is 13.2 Å². The van der Waals surface area contributed by atoms with Crippen LogP contribution in [0.25, 0.3) is 11.1 Å². The van der Waals surface area contributed by atoms with E-state index in [1.807, 2.05) is 48.5 Å². The van der Waals surface area contributed by atoms with E-state index in [0.717, 1.165) is 27.2 Å². The average Bonchev–Trinajstić information content (AvgIpc) is 3.05. The van der Waals surface area contributed by atoms with Crippen LogP contribution in [0.2, 0.25) is 0 Å². The van der Waals surface area contributed by atoms with Gasteiger partial charge < -0.3 is 14.7 Å². The molecule has 1 N–H and O–H groups in total. The highest BCUT2D eigenvalue weighted by atomic mass is 19.4. The molecule has 1 fully saturated rings. The quantitative estimate of drug-likeness (QED) is 0.795. The summed E-state index contributed by atoms with van der Waals surface area (Å²) in [7, 11) is 0. The van der Waals surface area contributed by atoms with E-state index in [1.54, 1.807) is 0 Å². The van der Waals surface area contributed by atoms with E-state index < -0.39 is 43.0 Å². The zero-order valence-electron chi connectivity index (χ0n) is 15.9. The number of carbonyl (C=O) groups excluding carboxylic acids is 1. The Hall–Kier alpha value is -3.03. The molecular weight excluding hydrogens is 399 g/mol. The maximum Gasteiger partial charge on any atom is 0.409 e. The van der Waals surface area contributed by atoms with Crippen LogP contribution in [0.15, 0.2) is 48.5 Å². The van der Waals surface area contributed by atoms with Gasteiger partial charge in [0, 0.05) is 19.0 Å². The molecule has 1 aliphatic heterocycles. The highest BCUT2D eigenvalue weighted by molar-refractivity contribution is 5.79. The Morgan fingerprint density at radius 1 is 1.00 bits per heavy atom. The number of alkyl halides is 3. The normalized spacial score (nSPS) is 21.1. The van der Waals surface area contributed by atoms with Gasteiger partial charge in [0.1, 0.15) is 6.61 Å². The van der Waals surface area contributed by atoms with Crippen molar-refractivity contribution in [2.75, 3.05) is 19.7 Å². The Kier molecular flexibility index (Phi) is 5.17.